The summed E-state index contributed by atoms with van der Waals surface area (Å²) in [5.41, 5.74) is 1.25. The zero-order chi connectivity index (χ0) is 16.8. The van der Waals surface area contributed by atoms with Gasteiger partial charge in [-0.2, -0.15) is 0 Å². The number of nitrogens with one attached hydrogen (secondary N) is 2. The topological polar surface area (TPSA) is 89.4 Å². The fourth-order valence-corrected chi connectivity index (χ4v) is 2.01. The third-order valence-electron chi connectivity index (χ3n) is 3.18. The number of carbonyl (C=O) groups excluding carboxylic acids is 3. The highest BCUT2D eigenvalue weighted by Gasteiger charge is 2.16. The van der Waals surface area contributed by atoms with Crippen LogP contribution in [0.2, 0.25) is 0 Å². The van der Waals surface area contributed by atoms with Gasteiger partial charge in [-0.15, -0.1) is 0 Å². The van der Waals surface area contributed by atoms with Crippen LogP contribution in [0.3, 0.4) is 0 Å². The Balaban J connectivity index is 1.90. The first-order valence-electron chi connectivity index (χ1n) is 6.92. The molecule has 0 fully saturated rings. The Labute approximate surface area is 133 Å². The summed E-state index contributed by atoms with van der Waals surface area (Å²) in [5, 5.41) is 5.03. The Morgan fingerprint density at radius 3 is 2.52 bits per heavy atom. The smallest absolute Gasteiger partial charge is 0.340 e. The minimum absolute atomic E-state index is 0.316. The molecule has 0 unspecified atom stereocenters. The Morgan fingerprint density at radius 1 is 1.13 bits per heavy atom. The normalized spacial score (nSPS) is 10.0. The fourth-order valence-electron chi connectivity index (χ4n) is 2.01. The minimum Gasteiger partial charge on any atom is -0.452 e. The highest BCUT2D eigenvalue weighted by atomic mass is 16.5. The SMILES string of the molecule is CNc1ccccc1C(=O)OCC(=O)NC(=O)c1cccn1C. The number of imide groups is 1. The van der Waals surface area contributed by atoms with E-state index in [4.69, 9.17) is 4.74 Å². The van der Waals surface area contributed by atoms with E-state index >= 15 is 0 Å². The van der Waals surface area contributed by atoms with Crippen molar-refractivity contribution in [1.82, 2.24) is 9.88 Å². The van der Waals surface area contributed by atoms with Crippen LogP contribution in [-0.2, 0) is 16.6 Å². The molecule has 120 valence electrons. The molecule has 7 nitrogen and oxygen atoms in total. The average molecular weight is 315 g/mol. The Kier molecular flexibility index (Phi) is 5.14. The molecule has 0 saturated carbocycles. The molecular formula is C16H17N3O4. The second-order valence-electron chi connectivity index (χ2n) is 4.75. The number of anilines is 1. The predicted molar refractivity (Wildman–Crippen MR) is 84.2 cm³/mol. The fraction of sp³-hybridized carbons (Fsp3) is 0.188. The van der Waals surface area contributed by atoms with Gasteiger partial charge in [-0.1, -0.05) is 12.1 Å². The first-order valence-corrected chi connectivity index (χ1v) is 6.92. The van der Waals surface area contributed by atoms with Gasteiger partial charge in [0.1, 0.15) is 5.69 Å². The number of amides is 2. The number of aromatic nitrogens is 1. The summed E-state index contributed by atoms with van der Waals surface area (Å²) >= 11 is 0. The predicted octanol–water partition coefficient (Wildman–Crippen LogP) is 1.18. The number of nitrogens with zero attached hydrogens (tertiary/aromatic N) is 1. The Hall–Kier alpha value is -3.09. The standard InChI is InChI=1S/C16H17N3O4/c1-17-12-7-4-3-6-11(12)16(22)23-10-14(20)18-15(21)13-8-5-9-19(13)2/h3-9,17H,10H2,1-2H3,(H,18,20,21). The van der Waals surface area contributed by atoms with Crippen molar-refractivity contribution >= 4 is 23.5 Å². The zero-order valence-electron chi connectivity index (χ0n) is 12.8. The van der Waals surface area contributed by atoms with Crippen molar-refractivity contribution < 1.29 is 19.1 Å². The number of carbonyl (C=O) groups is 3. The molecule has 7 heteroatoms. The minimum atomic E-state index is -0.688. The van der Waals surface area contributed by atoms with Crippen LogP contribution < -0.4 is 10.6 Å². The third kappa shape index (κ3) is 3.97. The molecule has 2 rings (SSSR count). The van der Waals surface area contributed by atoms with Gasteiger partial charge in [0.2, 0.25) is 0 Å². The van der Waals surface area contributed by atoms with E-state index in [1.54, 1.807) is 61.3 Å². The number of para-hydroxylation sites is 1. The molecule has 0 bridgehead atoms. The first-order chi connectivity index (χ1) is 11.0. The molecule has 0 aliphatic carbocycles. The van der Waals surface area contributed by atoms with Crippen LogP contribution in [0.25, 0.3) is 0 Å². The van der Waals surface area contributed by atoms with Crippen molar-refractivity contribution in [2.75, 3.05) is 19.0 Å². The van der Waals surface area contributed by atoms with Crippen molar-refractivity contribution in [3.63, 3.8) is 0 Å². The maximum Gasteiger partial charge on any atom is 0.340 e. The van der Waals surface area contributed by atoms with E-state index < -0.39 is 24.4 Å². The lowest BCUT2D eigenvalue weighted by atomic mass is 10.2. The van der Waals surface area contributed by atoms with Crippen molar-refractivity contribution in [3.05, 3.63) is 53.9 Å². The van der Waals surface area contributed by atoms with Crippen molar-refractivity contribution in [1.29, 1.82) is 0 Å². The van der Waals surface area contributed by atoms with Crippen LogP contribution in [0.15, 0.2) is 42.6 Å². The summed E-state index contributed by atoms with van der Waals surface area (Å²) in [7, 11) is 3.37. The zero-order valence-corrected chi connectivity index (χ0v) is 12.8. The highest BCUT2D eigenvalue weighted by molar-refractivity contribution is 6.05. The second kappa shape index (κ2) is 7.26. The van der Waals surface area contributed by atoms with Gasteiger partial charge in [0.15, 0.2) is 6.61 Å². The number of ether oxygens (including phenoxy) is 1. The van der Waals surface area contributed by atoms with Crippen molar-refractivity contribution in [2.45, 2.75) is 0 Å². The van der Waals surface area contributed by atoms with E-state index in [9.17, 15) is 14.4 Å². The molecule has 0 aliphatic rings. The molecule has 0 spiro atoms. The summed E-state index contributed by atoms with van der Waals surface area (Å²) in [5.74, 6) is -1.88. The molecule has 1 aromatic heterocycles. The average Bonchev–Trinajstić information content (AvgIpc) is 2.98. The molecule has 0 saturated heterocycles. The Bertz CT molecular complexity index is 736. The number of benzene rings is 1. The highest BCUT2D eigenvalue weighted by Crippen LogP contribution is 2.15. The number of esters is 1. The van der Waals surface area contributed by atoms with Crippen LogP contribution in [0.4, 0.5) is 5.69 Å². The lowest BCUT2D eigenvalue weighted by molar-refractivity contribution is -0.123. The summed E-state index contributed by atoms with van der Waals surface area (Å²) in [6, 6.07) is 10.0. The molecule has 2 amide bonds. The van der Waals surface area contributed by atoms with E-state index in [-0.39, 0.29) is 0 Å². The lowest BCUT2D eigenvalue weighted by Gasteiger charge is -2.09. The largest absolute Gasteiger partial charge is 0.452 e. The van der Waals surface area contributed by atoms with Gasteiger partial charge in [0, 0.05) is 26.0 Å². The first kappa shape index (κ1) is 16.3. The Morgan fingerprint density at radius 2 is 1.87 bits per heavy atom. The molecule has 0 aliphatic heterocycles. The molecule has 0 atom stereocenters. The summed E-state index contributed by atoms with van der Waals surface area (Å²) in [6.07, 6.45) is 1.69. The second-order valence-corrected chi connectivity index (χ2v) is 4.75. The number of hydrogen-bond donors (Lipinski definition) is 2. The van der Waals surface area contributed by atoms with Crippen LogP contribution in [-0.4, -0.2) is 36.0 Å². The van der Waals surface area contributed by atoms with E-state index in [0.717, 1.165) is 0 Å². The van der Waals surface area contributed by atoms with Crippen molar-refractivity contribution in [2.24, 2.45) is 7.05 Å². The number of hydrogen-bond acceptors (Lipinski definition) is 5. The lowest BCUT2D eigenvalue weighted by Crippen LogP contribution is -2.35. The summed E-state index contributed by atoms with van der Waals surface area (Å²) < 4.78 is 6.51. The maximum absolute atomic E-state index is 12.0. The van der Waals surface area contributed by atoms with Gasteiger partial charge < -0.3 is 14.6 Å². The molecule has 2 N–H and O–H groups in total. The van der Waals surface area contributed by atoms with Gasteiger partial charge in [-0.25, -0.2) is 4.79 Å². The molecule has 2 aromatic rings. The van der Waals surface area contributed by atoms with Crippen LogP contribution in [0, 0.1) is 0 Å². The van der Waals surface area contributed by atoms with E-state index in [1.165, 1.54) is 0 Å². The summed E-state index contributed by atoms with van der Waals surface area (Å²) in [4.78, 5) is 35.5. The molecule has 0 radical (unpaired) electrons. The van der Waals surface area contributed by atoms with Crippen LogP contribution >= 0.6 is 0 Å². The number of aryl methyl sites for hydroxylation is 1. The van der Waals surface area contributed by atoms with E-state index in [1.807, 2.05) is 0 Å². The van der Waals surface area contributed by atoms with Gasteiger partial charge in [-0.05, 0) is 24.3 Å². The van der Waals surface area contributed by atoms with Crippen molar-refractivity contribution in [3.8, 4) is 0 Å². The third-order valence-corrected chi connectivity index (χ3v) is 3.18. The van der Waals surface area contributed by atoms with E-state index in [0.29, 0.717) is 16.9 Å². The van der Waals surface area contributed by atoms with Gasteiger partial charge in [0.25, 0.3) is 11.8 Å². The van der Waals surface area contributed by atoms with Gasteiger partial charge >= 0.3 is 5.97 Å². The molecule has 1 aromatic carbocycles. The number of rotatable bonds is 5. The molecular weight excluding hydrogens is 298 g/mol. The molecule has 1 heterocycles. The van der Waals surface area contributed by atoms with E-state index in [2.05, 4.69) is 10.6 Å². The quantitative estimate of drug-likeness (QED) is 0.809. The van der Waals surface area contributed by atoms with Crippen LogP contribution in [0.5, 0.6) is 0 Å². The van der Waals surface area contributed by atoms with Gasteiger partial charge in [0.05, 0.1) is 5.56 Å². The molecule has 23 heavy (non-hydrogen) atoms. The monoisotopic (exact) mass is 315 g/mol. The van der Waals surface area contributed by atoms with Gasteiger partial charge in [-0.3, -0.25) is 14.9 Å². The van der Waals surface area contributed by atoms with Crippen LogP contribution in [0.1, 0.15) is 20.8 Å². The summed E-state index contributed by atoms with van der Waals surface area (Å²) in [6.45, 7) is -0.535. The maximum atomic E-state index is 12.0.